The molecule has 4 bridgehead atoms. The van der Waals surface area contributed by atoms with E-state index in [2.05, 4.69) is 86.6 Å². The molecule has 0 amide bonds. The van der Waals surface area contributed by atoms with Gasteiger partial charge in [0.05, 0.1) is 11.5 Å². The van der Waals surface area contributed by atoms with E-state index in [-0.39, 0.29) is 17.8 Å². The SMILES string of the molecule is CCC(C)c1ccc(OC(OC23CC4CC(CC(C4)C2)C3)C2c3ccccc3Cc3ccccc32)cc1. The summed E-state index contributed by atoms with van der Waals surface area (Å²) in [5.41, 5.74) is 6.89. The van der Waals surface area contributed by atoms with Gasteiger partial charge in [-0.1, -0.05) is 74.5 Å². The fourth-order valence-corrected chi connectivity index (χ4v) is 8.49. The third kappa shape index (κ3) is 4.32. The van der Waals surface area contributed by atoms with E-state index < -0.39 is 0 Å². The number of benzene rings is 3. The second-order valence-electron chi connectivity index (χ2n) is 12.6. The first kappa shape index (κ1) is 23.5. The highest BCUT2D eigenvalue weighted by molar-refractivity contribution is 5.50. The predicted octanol–water partition coefficient (Wildman–Crippen LogP) is 8.63. The van der Waals surface area contributed by atoms with Gasteiger partial charge in [-0.25, -0.2) is 0 Å². The van der Waals surface area contributed by atoms with Crippen LogP contribution in [0.5, 0.6) is 5.75 Å². The molecule has 4 saturated carbocycles. The van der Waals surface area contributed by atoms with Gasteiger partial charge in [0, 0.05) is 0 Å². The van der Waals surface area contributed by atoms with Crippen LogP contribution in [0.3, 0.4) is 0 Å². The molecule has 37 heavy (non-hydrogen) atoms. The average Bonchev–Trinajstić information content (AvgIpc) is 2.90. The second-order valence-corrected chi connectivity index (χ2v) is 12.6. The summed E-state index contributed by atoms with van der Waals surface area (Å²) >= 11 is 0. The Balaban J connectivity index is 1.28. The Morgan fingerprint density at radius 2 is 1.30 bits per heavy atom. The molecule has 3 aromatic carbocycles. The maximum Gasteiger partial charge on any atom is 0.211 e. The first-order chi connectivity index (χ1) is 18.1. The molecule has 2 nitrogen and oxygen atoms in total. The number of hydrogen-bond donors (Lipinski definition) is 0. The van der Waals surface area contributed by atoms with Gasteiger partial charge in [-0.15, -0.1) is 0 Å². The third-order valence-corrected chi connectivity index (χ3v) is 10.1. The van der Waals surface area contributed by atoms with Gasteiger partial charge in [0.15, 0.2) is 0 Å². The van der Waals surface area contributed by atoms with Gasteiger partial charge < -0.3 is 9.47 Å². The van der Waals surface area contributed by atoms with E-state index in [0.717, 1.165) is 36.3 Å². The molecule has 5 aliphatic carbocycles. The Bertz CT molecular complexity index is 1180. The smallest absolute Gasteiger partial charge is 0.211 e. The average molecular weight is 493 g/mol. The Labute approximate surface area is 222 Å². The van der Waals surface area contributed by atoms with Gasteiger partial charge in [-0.3, -0.25) is 0 Å². The molecular weight excluding hydrogens is 452 g/mol. The van der Waals surface area contributed by atoms with Crippen LogP contribution in [0.4, 0.5) is 0 Å². The summed E-state index contributed by atoms with van der Waals surface area (Å²) in [6.07, 6.45) is 9.67. The summed E-state index contributed by atoms with van der Waals surface area (Å²) in [4.78, 5) is 0. The number of ether oxygens (including phenoxy) is 2. The molecule has 2 heteroatoms. The maximum absolute atomic E-state index is 7.38. The lowest BCUT2D eigenvalue weighted by Crippen LogP contribution is -2.54. The number of hydrogen-bond acceptors (Lipinski definition) is 2. The summed E-state index contributed by atoms with van der Waals surface area (Å²) in [7, 11) is 0. The van der Waals surface area contributed by atoms with Crippen molar-refractivity contribution in [3.05, 3.63) is 101 Å². The molecular formula is C35H40O2. The minimum atomic E-state index is -0.340. The van der Waals surface area contributed by atoms with E-state index >= 15 is 0 Å². The zero-order valence-electron chi connectivity index (χ0n) is 22.4. The predicted molar refractivity (Wildman–Crippen MR) is 149 cm³/mol. The Hall–Kier alpha value is -2.58. The van der Waals surface area contributed by atoms with E-state index in [0.29, 0.717) is 5.92 Å². The van der Waals surface area contributed by atoms with Crippen molar-refractivity contribution < 1.29 is 9.47 Å². The molecule has 0 radical (unpaired) electrons. The summed E-state index contributed by atoms with van der Waals surface area (Å²) in [5, 5.41) is 0. The van der Waals surface area contributed by atoms with Crippen molar-refractivity contribution in [3.8, 4) is 5.75 Å². The van der Waals surface area contributed by atoms with Crippen LogP contribution in [0.1, 0.15) is 98.4 Å². The zero-order chi connectivity index (χ0) is 25.0. The van der Waals surface area contributed by atoms with E-state index in [1.807, 2.05) is 0 Å². The van der Waals surface area contributed by atoms with Crippen LogP contribution in [-0.4, -0.2) is 11.9 Å². The van der Waals surface area contributed by atoms with Crippen molar-refractivity contribution in [2.45, 2.75) is 88.9 Å². The molecule has 3 aromatic rings. The minimum Gasteiger partial charge on any atom is -0.464 e. The Morgan fingerprint density at radius 1 is 0.757 bits per heavy atom. The highest BCUT2D eigenvalue weighted by atomic mass is 16.7. The van der Waals surface area contributed by atoms with Crippen molar-refractivity contribution in [2.24, 2.45) is 17.8 Å². The fraction of sp³-hybridized carbons (Fsp3) is 0.486. The van der Waals surface area contributed by atoms with Gasteiger partial charge in [-0.2, -0.15) is 0 Å². The molecule has 8 rings (SSSR count). The van der Waals surface area contributed by atoms with E-state index in [1.165, 1.54) is 66.3 Å². The first-order valence-electron chi connectivity index (χ1n) is 14.7. The molecule has 0 saturated heterocycles. The molecule has 2 unspecified atom stereocenters. The van der Waals surface area contributed by atoms with E-state index in [1.54, 1.807) is 0 Å². The second kappa shape index (κ2) is 9.31. The Morgan fingerprint density at radius 3 is 1.84 bits per heavy atom. The van der Waals surface area contributed by atoms with Crippen molar-refractivity contribution in [1.82, 2.24) is 0 Å². The molecule has 0 aliphatic heterocycles. The molecule has 192 valence electrons. The molecule has 0 aromatic heterocycles. The van der Waals surface area contributed by atoms with Crippen LogP contribution in [0, 0.1) is 17.8 Å². The highest BCUT2D eigenvalue weighted by Crippen LogP contribution is 2.58. The molecule has 5 aliphatic rings. The van der Waals surface area contributed by atoms with Gasteiger partial charge in [-0.05, 0) is 115 Å². The van der Waals surface area contributed by atoms with Crippen molar-refractivity contribution in [1.29, 1.82) is 0 Å². The quantitative estimate of drug-likeness (QED) is 0.307. The van der Waals surface area contributed by atoms with Crippen LogP contribution < -0.4 is 4.74 Å². The van der Waals surface area contributed by atoms with Crippen LogP contribution in [-0.2, 0) is 11.2 Å². The van der Waals surface area contributed by atoms with Gasteiger partial charge in [0.2, 0.25) is 6.29 Å². The molecule has 4 fully saturated rings. The van der Waals surface area contributed by atoms with E-state index in [4.69, 9.17) is 9.47 Å². The third-order valence-electron chi connectivity index (χ3n) is 10.1. The summed E-state index contributed by atoms with van der Waals surface area (Å²) in [5.74, 6) is 4.07. The van der Waals surface area contributed by atoms with Crippen molar-refractivity contribution in [3.63, 3.8) is 0 Å². The molecule has 0 N–H and O–H groups in total. The van der Waals surface area contributed by atoms with Gasteiger partial charge in [0.1, 0.15) is 5.75 Å². The molecule has 0 spiro atoms. The summed E-state index contributed by atoms with van der Waals surface area (Å²) in [6, 6.07) is 26.7. The zero-order valence-corrected chi connectivity index (χ0v) is 22.4. The lowest BCUT2D eigenvalue weighted by atomic mass is 9.54. The van der Waals surface area contributed by atoms with Crippen LogP contribution in [0.15, 0.2) is 72.8 Å². The topological polar surface area (TPSA) is 18.5 Å². The fourth-order valence-electron chi connectivity index (χ4n) is 8.49. The van der Waals surface area contributed by atoms with Crippen molar-refractivity contribution >= 4 is 0 Å². The van der Waals surface area contributed by atoms with Crippen LogP contribution in [0.2, 0.25) is 0 Å². The Kier molecular flexibility index (Phi) is 5.92. The first-order valence-corrected chi connectivity index (χ1v) is 14.7. The monoisotopic (exact) mass is 492 g/mol. The number of rotatable bonds is 7. The lowest BCUT2D eigenvalue weighted by molar-refractivity contribution is -0.235. The maximum atomic E-state index is 7.38. The normalized spacial score (nSPS) is 29.4. The largest absolute Gasteiger partial charge is 0.464 e. The van der Waals surface area contributed by atoms with E-state index in [9.17, 15) is 0 Å². The summed E-state index contributed by atoms with van der Waals surface area (Å²) < 4.78 is 14.3. The van der Waals surface area contributed by atoms with Crippen molar-refractivity contribution in [2.75, 3.05) is 0 Å². The highest BCUT2D eigenvalue weighted by Gasteiger charge is 2.53. The summed E-state index contributed by atoms with van der Waals surface area (Å²) in [6.45, 7) is 4.55. The van der Waals surface area contributed by atoms with Gasteiger partial charge in [0.25, 0.3) is 0 Å². The molecule has 2 atom stereocenters. The van der Waals surface area contributed by atoms with Gasteiger partial charge >= 0.3 is 0 Å². The minimum absolute atomic E-state index is 0.0303. The van der Waals surface area contributed by atoms with Crippen LogP contribution >= 0.6 is 0 Å². The lowest BCUT2D eigenvalue weighted by Gasteiger charge is -2.57. The number of fused-ring (bicyclic) bond motifs is 2. The van der Waals surface area contributed by atoms with Crippen LogP contribution in [0.25, 0.3) is 0 Å². The molecule has 0 heterocycles. The standard InChI is InChI=1S/C35H40O2/c1-3-23(2)27-12-14-30(15-13-27)36-34(37-35-20-24-16-25(21-35)18-26(17-24)22-35)33-31-10-6-4-8-28(31)19-29-9-5-7-11-32(29)33/h4-15,23-26,33-34H,3,16-22H2,1-2H3.